The standard InChI is InChI=1S/C16H27BrN2OS/c1-3-6-18-14(11-16-13(17)5-10-21-16)15-12-19(7-4-2)8-9-20-15/h5,10,14-15,18H,3-4,6-9,11-12H2,1-2H3. The summed E-state index contributed by atoms with van der Waals surface area (Å²) in [6.45, 7) is 9.70. The second-order valence-electron chi connectivity index (χ2n) is 5.67. The number of nitrogens with zero attached hydrogens (tertiary/aromatic N) is 1. The molecule has 0 bridgehead atoms. The first kappa shape index (κ1) is 17.4. The number of thiophene rings is 1. The highest BCUT2D eigenvalue weighted by atomic mass is 79.9. The lowest BCUT2D eigenvalue weighted by Crippen LogP contribution is -2.53. The average molecular weight is 375 g/mol. The molecule has 120 valence electrons. The first-order valence-corrected chi connectivity index (χ1v) is 9.71. The van der Waals surface area contributed by atoms with Gasteiger partial charge in [0.2, 0.25) is 0 Å². The molecule has 3 nitrogen and oxygen atoms in total. The molecular weight excluding hydrogens is 348 g/mol. The van der Waals surface area contributed by atoms with Crippen molar-refractivity contribution in [2.24, 2.45) is 0 Å². The molecule has 1 N–H and O–H groups in total. The molecule has 0 saturated carbocycles. The Bertz CT molecular complexity index is 411. The molecule has 1 aromatic heterocycles. The summed E-state index contributed by atoms with van der Waals surface area (Å²) in [4.78, 5) is 3.96. The minimum atomic E-state index is 0.297. The van der Waals surface area contributed by atoms with Gasteiger partial charge in [-0.3, -0.25) is 4.90 Å². The summed E-state index contributed by atoms with van der Waals surface area (Å²) in [6.07, 6.45) is 3.72. The molecule has 2 rings (SSSR count). The highest BCUT2D eigenvalue weighted by Crippen LogP contribution is 2.25. The summed E-state index contributed by atoms with van der Waals surface area (Å²) in [6, 6.07) is 2.54. The third-order valence-electron chi connectivity index (χ3n) is 3.92. The van der Waals surface area contributed by atoms with Gasteiger partial charge in [-0.15, -0.1) is 11.3 Å². The van der Waals surface area contributed by atoms with Crippen LogP contribution in [0.3, 0.4) is 0 Å². The number of hydrogen-bond acceptors (Lipinski definition) is 4. The fourth-order valence-corrected chi connectivity index (χ4v) is 4.40. The van der Waals surface area contributed by atoms with E-state index < -0.39 is 0 Å². The molecular formula is C16H27BrN2OS. The van der Waals surface area contributed by atoms with Crippen molar-refractivity contribution in [2.45, 2.75) is 45.3 Å². The van der Waals surface area contributed by atoms with E-state index in [1.54, 1.807) is 0 Å². The lowest BCUT2D eigenvalue weighted by atomic mass is 10.0. The van der Waals surface area contributed by atoms with Crippen molar-refractivity contribution in [3.05, 3.63) is 20.8 Å². The Morgan fingerprint density at radius 2 is 2.33 bits per heavy atom. The predicted octanol–water partition coefficient (Wildman–Crippen LogP) is 3.53. The van der Waals surface area contributed by atoms with Crippen LogP contribution in [0.5, 0.6) is 0 Å². The smallest absolute Gasteiger partial charge is 0.0858 e. The monoisotopic (exact) mass is 374 g/mol. The molecule has 0 amide bonds. The molecule has 0 spiro atoms. The summed E-state index contributed by atoms with van der Waals surface area (Å²) in [5.74, 6) is 0. The largest absolute Gasteiger partial charge is 0.374 e. The maximum Gasteiger partial charge on any atom is 0.0858 e. The van der Waals surface area contributed by atoms with Crippen molar-refractivity contribution in [1.82, 2.24) is 10.2 Å². The highest BCUT2D eigenvalue weighted by Gasteiger charge is 2.28. The molecule has 0 radical (unpaired) electrons. The first-order valence-electron chi connectivity index (χ1n) is 8.03. The topological polar surface area (TPSA) is 24.5 Å². The van der Waals surface area contributed by atoms with E-state index in [9.17, 15) is 0 Å². The van der Waals surface area contributed by atoms with Gasteiger partial charge in [-0.2, -0.15) is 0 Å². The van der Waals surface area contributed by atoms with Gasteiger partial charge >= 0.3 is 0 Å². The zero-order chi connectivity index (χ0) is 15.1. The van der Waals surface area contributed by atoms with E-state index in [1.807, 2.05) is 11.3 Å². The van der Waals surface area contributed by atoms with E-state index in [0.717, 1.165) is 39.1 Å². The predicted molar refractivity (Wildman–Crippen MR) is 94.3 cm³/mol. The SMILES string of the molecule is CCCNC(Cc1sccc1Br)C1CN(CCC)CCO1. The third-order valence-corrected chi connectivity index (χ3v) is 5.87. The second kappa shape index (κ2) is 9.26. The number of nitrogens with one attached hydrogen (secondary N) is 1. The zero-order valence-electron chi connectivity index (χ0n) is 13.1. The van der Waals surface area contributed by atoms with Gasteiger partial charge in [0.15, 0.2) is 0 Å². The van der Waals surface area contributed by atoms with Crippen molar-refractivity contribution in [1.29, 1.82) is 0 Å². The minimum Gasteiger partial charge on any atom is -0.374 e. The summed E-state index contributed by atoms with van der Waals surface area (Å²) in [5.41, 5.74) is 0. The van der Waals surface area contributed by atoms with Crippen LogP contribution in [0.4, 0.5) is 0 Å². The van der Waals surface area contributed by atoms with E-state index in [2.05, 4.69) is 51.4 Å². The van der Waals surface area contributed by atoms with E-state index >= 15 is 0 Å². The molecule has 1 fully saturated rings. The Morgan fingerprint density at radius 3 is 3.00 bits per heavy atom. The van der Waals surface area contributed by atoms with Gasteiger partial charge in [0, 0.05) is 34.9 Å². The quantitative estimate of drug-likeness (QED) is 0.752. The van der Waals surface area contributed by atoms with Crippen molar-refractivity contribution in [3.8, 4) is 0 Å². The van der Waals surface area contributed by atoms with Gasteiger partial charge in [-0.05, 0) is 53.3 Å². The molecule has 2 heterocycles. The molecule has 1 aliphatic rings. The minimum absolute atomic E-state index is 0.297. The average Bonchev–Trinajstić information content (AvgIpc) is 2.89. The Hall–Kier alpha value is 0.0600. The Labute approximate surface area is 141 Å². The van der Waals surface area contributed by atoms with Gasteiger partial charge < -0.3 is 10.1 Å². The Morgan fingerprint density at radius 1 is 1.48 bits per heavy atom. The number of halogens is 1. The lowest BCUT2D eigenvalue weighted by molar-refractivity contribution is -0.0460. The van der Waals surface area contributed by atoms with Crippen LogP contribution in [0.25, 0.3) is 0 Å². The van der Waals surface area contributed by atoms with Crippen molar-refractivity contribution >= 4 is 27.3 Å². The van der Waals surface area contributed by atoms with Crippen molar-refractivity contribution < 1.29 is 4.74 Å². The number of rotatable bonds is 8. The van der Waals surface area contributed by atoms with Crippen LogP contribution in [0.2, 0.25) is 0 Å². The van der Waals surface area contributed by atoms with Crippen LogP contribution in [0, 0.1) is 0 Å². The van der Waals surface area contributed by atoms with Crippen molar-refractivity contribution in [3.63, 3.8) is 0 Å². The van der Waals surface area contributed by atoms with E-state index in [-0.39, 0.29) is 0 Å². The Balaban J connectivity index is 1.99. The Kier molecular flexibility index (Phi) is 7.68. The van der Waals surface area contributed by atoms with E-state index in [4.69, 9.17) is 4.74 Å². The molecule has 21 heavy (non-hydrogen) atoms. The summed E-state index contributed by atoms with van der Waals surface area (Å²) in [5, 5.41) is 5.86. The van der Waals surface area contributed by atoms with Gasteiger partial charge in [0.25, 0.3) is 0 Å². The van der Waals surface area contributed by atoms with Crippen LogP contribution in [-0.4, -0.2) is 49.8 Å². The number of ether oxygens (including phenoxy) is 1. The zero-order valence-corrected chi connectivity index (χ0v) is 15.5. The van der Waals surface area contributed by atoms with E-state index in [1.165, 1.54) is 22.3 Å². The fourth-order valence-electron chi connectivity index (χ4n) is 2.83. The number of morpholine rings is 1. The number of hydrogen-bond donors (Lipinski definition) is 1. The van der Waals surface area contributed by atoms with E-state index in [0.29, 0.717) is 12.1 Å². The van der Waals surface area contributed by atoms with Crippen LogP contribution >= 0.6 is 27.3 Å². The maximum atomic E-state index is 6.09. The third kappa shape index (κ3) is 5.32. The highest BCUT2D eigenvalue weighted by molar-refractivity contribution is 9.10. The van der Waals surface area contributed by atoms with Crippen LogP contribution in [0.1, 0.15) is 31.6 Å². The first-order chi connectivity index (χ1) is 10.2. The van der Waals surface area contributed by atoms with Crippen LogP contribution in [-0.2, 0) is 11.2 Å². The maximum absolute atomic E-state index is 6.09. The molecule has 5 heteroatoms. The second-order valence-corrected chi connectivity index (χ2v) is 7.52. The molecule has 1 saturated heterocycles. The molecule has 2 atom stereocenters. The van der Waals surface area contributed by atoms with Gasteiger partial charge in [0.1, 0.15) is 0 Å². The van der Waals surface area contributed by atoms with Crippen molar-refractivity contribution in [2.75, 3.05) is 32.8 Å². The molecule has 0 aliphatic carbocycles. The summed E-state index contributed by atoms with van der Waals surface area (Å²) >= 11 is 5.49. The molecule has 2 unspecified atom stereocenters. The van der Waals surface area contributed by atoms with Gasteiger partial charge in [0.05, 0.1) is 12.7 Å². The molecule has 1 aromatic rings. The summed E-state index contributed by atoms with van der Waals surface area (Å²) < 4.78 is 7.32. The summed E-state index contributed by atoms with van der Waals surface area (Å²) in [7, 11) is 0. The van der Waals surface area contributed by atoms with Gasteiger partial charge in [-0.25, -0.2) is 0 Å². The molecule has 1 aliphatic heterocycles. The normalized spacial score (nSPS) is 21.6. The van der Waals surface area contributed by atoms with Crippen LogP contribution in [0.15, 0.2) is 15.9 Å². The fraction of sp³-hybridized carbons (Fsp3) is 0.750. The lowest BCUT2D eigenvalue weighted by Gasteiger charge is -2.37. The molecule has 0 aromatic carbocycles. The van der Waals surface area contributed by atoms with Gasteiger partial charge in [-0.1, -0.05) is 13.8 Å². The van der Waals surface area contributed by atoms with Crippen LogP contribution < -0.4 is 5.32 Å².